The quantitative estimate of drug-likeness (QED) is 0.795. The van der Waals surface area contributed by atoms with Crippen molar-refractivity contribution in [2.45, 2.75) is 0 Å². The summed E-state index contributed by atoms with van der Waals surface area (Å²) in [7, 11) is 1.44. The van der Waals surface area contributed by atoms with Gasteiger partial charge < -0.3 is 15.8 Å². The van der Waals surface area contributed by atoms with Gasteiger partial charge >= 0.3 is 0 Å². The van der Waals surface area contributed by atoms with Crippen LogP contribution < -0.4 is 11.1 Å². The number of pyridine rings is 1. The highest BCUT2D eigenvalue weighted by molar-refractivity contribution is 9.10. The number of methoxy groups -OCH3 is 1. The molecule has 0 atom stereocenters. The molecule has 0 spiro atoms. The third-order valence-corrected chi connectivity index (χ3v) is 1.87. The lowest BCUT2D eigenvalue weighted by Crippen LogP contribution is -2.18. The lowest BCUT2D eigenvalue weighted by Gasteiger charge is -2.06. The zero-order chi connectivity index (χ0) is 10.6. The van der Waals surface area contributed by atoms with Crippen LogP contribution in [0.3, 0.4) is 0 Å². The SMILES string of the molecule is COCC(=O)Nc1nc(Br)ccc1N. The highest BCUT2D eigenvalue weighted by Crippen LogP contribution is 2.18. The van der Waals surface area contributed by atoms with Gasteiger partial charge in [0.25, 0.3) is 5.91 Å². The summed E-state index contributed by atoms with van der Waals surface area (Å²) < 4.78 is 5.26. The number of carbonyl (C=O) groups is 1. The number of amides is 1. The van der Waals surface area contributed by atoms with Crippen molar-refractivity contribution >= 4 is 33.3 Å². The minimum absolute atomic E-state index is 0.0202. The molecule has 3 N–H and O–H groups in total. The Morgan fingerprint density at radius 3 is 3.07 bits per heavy atom. The van der Waals surface area contributed by atoms with E-state index >= 15 is 0 Å². The number of nitrogens with two attached hydrogens (primary N) is 1. The third-order valence-electron chi connectivity index (χ3n) is 1.43. The molecule has 1 aromatic heterocycles. The molecule has 0 aliphatic heterocycles. The van der Waals surface area contributed by atoms with Crippen LogP contribution in [0.15, 0.2) is 16.7 Å². The van der Waals surface area contributed by atoms with E-state index in [4.69, 9.17) is 5.73 Å². The average Bonchev–Trinajstić information content (AvgIpc) is 2.12. The molecular weight excluding hydrogens is 250 g/mol. The molecule has 0 bridgehead atoms. The van der Waals surface area contributed by atoms with E-state index in [-0.39, 0.29) is 12.5 Å². The first-order chi connectivity index (χ1) is 6.63. The second kappa shape index (κ2) is 4.92. The van der Waals surface area contributed by atoms with E-state index in [1.54, 1.807) is 12.1 Å². The van der Waals surface area contributed by atoms with Gasteiger partial charge in [-0.3, -0.25) is 4.79 Å². The second-order valence-electron chi connectivity index (χ2n) is 2.55. The van der Waals surface area contributed by atoms with Crippen LogP contribution in [0.25, 0.3) is 0 Å². The van der Waals surface area contributed by atoms with Crippen LogP contribution in [0.4, 0.5) is 11.5 Å². The van der Waals surface area contributed by atoms with Crippen LogP contribution in [0, 0.1) is 0 Å². The monoisotopic (exact) mass is 259 g/mol. The van der Waals surface area contributed by atoms with E-state index in [1.165, 1.54) is 7.11 Å². The first-order valence-corrected chi connectivity index (χ1v) is 4.63. The Labute approximate surface area is 89.8 Å². The van der Waals surface area contributed by atoms with Gasteiger partial charge in [-0.2, -0.15) is 0 Å². The Morgan fingerprint density at radius 2 is 2.43 bits per heavy atom. The van der Waals surface area contributed by atoms with Gasteiger partial charge in [0.15, 0.2) is 5.82 Å². The Hall–Kier alpha value is -1.14. The van der Waals surface area contributed by atoms with Gasteiger partial charge in [0.05, 0.1) is 5.69 Å². The number of nitrogens with one attached hydrogen (secondary N) is 1. The van der Waals surface area contributed by atoms with E-state index in [0.717, 1.165) is 0 Å². The van der Waals surface area contributed by atoms with Crippen molar-refractivity contribution < 1.29 is 9.53 Å². The van der Waals surface area contributed by atoms with Gasteiger partial charge in [0.2, 0.25) is 0 Å². The largest absolute Gasteiger partial charge is 0.396 e. The number of hydrogen-bond acceptors (Lipinski definition) is 4. The molecule has 0 aliphatic rings. The van der Waals surface area contributed by atoms with Gasteiger partial charge in [-0.25, -0.2) is 4.98 Å². The van der Waals surface area contributed by atoms with Crippen LogP contribution >= 0.6 is 15.9 Å². The van der Waals surface area contributed by atoms with Crippen molar-refractivity contribution in [3.63, 3.8) is 0 Å². The summed E-state index contributed by atoms with van der Waals surface area (Å²) >= 11 is 3.18. The van der Waals surface area contributed by atoms with Crippen molar-refractivity contribution in [2.75, 3.05) is 24.8 Å². The maximum Gasteiger partial charge on any atom is 0.251 e. The minimum atomic E-state index is -0.287. The minimum Gasteiger partial charge on any atom is -0.396 e. The van der Waals surface area contributed by atoms with Gasteiger partial charge in [0, 0.05) is 7.11 Å². The molecule has 1 amide bonds. The molecule has 1 rings (SSSR count). The lowest BCUT2D eigenvalue weighted by molar-refractivity contribution is -0.119. The fourth-order valence-corrected chi connectivity index (χ4v) is 1.15. The molecule has 0 saturated heterocycles. The number of nitrogens with zero attached hydrogens (tertiary/aromatic N) is 1. The summed E-state index contributed by atoms with van der Waals surface area (Å²) in [6.07, 6.45) is 0. The van der Waals surface area contributed by atoms with E-state index in [0.29, 0.717) is 16.1 Å². The number of anilines is 2. The molecule has 14 heavy (non-hydrogen) atoms. The molecule has 0 fully saturated rings. The van der Waals surface area contributed by atoms with Crippen LogP contribution in [0.2, 0.25) is 0 Å². The fraction of sp³-hybridized carbons (Fsp3) is 0.250. The average molecular weight is 260 g/mol. The Kier molecular flexibility index (Phi) is 3.84. The number of aromatic nitrogens is 1. The fourth-order valence-electron chi connectivity index (χ4n) is 0.845. The summed E-state index contributed by atoms with van der Waals surface area (Å²) in [5, 5.41) is 2.52. The van der Waals surface area contributed by atoms with Crippen molar-refractivity contribution in [1.29, 1.82) is 0 Å². The van der Waals surface area contributed by atoms with Crippen molar-refractivity contribution in [2.24, 2.45) is 0 Å². The van der Waals surface area contributed by atoms with Crippen LogP contribution in [0.5, 0.6) is 0 Å². The molecule has 1 heterocycles. The number of ether oxygens (including phenoxy) is 1. The molecule has 0 aliphatic carbocycles. The van der Waals surface area contributed by atoms with Crippen molar-refractivity contribution in [1.82, 2.24) is 4.98 Å². The smallest absolute Gasteiger partial charge is 0.251 e. The lowest BCUT2D eigenvalue weighted by atomic mass is 10.4. The molecule has 76 valence electrons. The Bertz CT molecular complexity index is 343. The highest BCUT2D eigenvalue weighted by atomic mass is 79.9. The first-order valence-electron chi connectivity index (χ1n) is 3.84. The summed E-state index contributed by atoms with van der Waals surface area (Å²) in [5.74, 6) is 0.0474. The Morgan fingerprint density at radius 1 is 1.71 bits per heavy atom. The van der Waals surface area contributed by atoms with Crippen LogP contribution in [-0.4, -0.2) is 24.6 Å². The van der Waals surface area contributed by atoms with E-state index in [2.05, 4.69) is 31.0 Å². The number of carbonyl (C=O) groups excluding carboxylic acids is 1. The summed E-state index contributed by atoms with van der Waals surface area (Å²) in [5.41, 5.74) is 6.01. The standard InChI is InChI=1S/C8H10BrN3O2/c1-14-4-7(13)12-8-5(10)2-3-6(9)11-8/h2-3H,4,10H2,1H3,(H,11,12,13). The molecule has 1 aromatic rings. The van der Waals surface area contributed by atoms with Crippen molar-refractivity contribution in [3.8, 4) is 0 Å². The van der Waals surface area contributed by atoms with E-state index in [9.17, 15) is 4.79 Å². The van der Waals surface area contributed by atoms with E-state index in [1.807, 2.05) is 0 Å². The normalized spacial score (nSPS) is 9.86. The highest BCUT2D eigenvalue weighted by Gasteiger charge is 2.06. The first kappa shape index (κ1) is 10.9. The molecule has 0 aromatic carbocycles. The maximum atomic E-state index is 11.1. The molecule has 5 nitrogen and oxygen atoms in total. The van der Waals surface area contributed by atoms with Gasteiger partial charge in [-0.15, -0.1) is 0 Å². The number of rotatable bonds is 3. The predicted molar refractivity (Wildman–Crippen MR) is 56.9 cm³/mol. The number of nitrogen functional groups attached to an aromatic ring is 1. The molecule has 0 saturated carbocycles. The summed E-state index contributed by atoms with van der Waals surface area (Å²) in [6.45, 7) is -0.0202. The van der Waals surface area contributed by atoms with Gasteiger partial charge in [-0.1, -0.05) is 0 Å². The summed E-state index contributed by atoms with van der Waals surface area (Å²) in [6, 6.07) is 3.35. The molecule has 6 heteroatoms. The second-order valence-corrected chi connectivity index (χ2v) is 3.37. The molecule has 0 unspecified atom stereocenters. The van der Waals surface area contributed by atoms with Crippen LogP contribution in [0.1, 0.15) is 0 Å². The predicted octanol–water partition coefficient (Wildman–Crippen LogP) is 1.01. The number of halogens is 1. The van der Waals surface area contributed by atoms with Gasteiger partial charge in [0.1, 0.15) is 11.2 Å². The maximum absolute atomic E-state index is 11.1. The third kappa shape index (κ3) is 2.97. The molecular formula is C8H10BrN3O2. The van der Waals surface area contributed by atoms with Crippen LogP contribution in [-0.2, 0) is 9.53 Å². The van der Waals surface area contributed by atoms with Crippen molar-refractivity contribution in [3.05, 3.63) is 16.7 Å². The zero-order valence-corrected chi connectivity index (χ0v) is 9.17. The number of hydrogen-bond donors (Lipinski definition) is 2. The van der Waals surface area contributed by atoms with Gasteiger partial charge in [-0.05, 0) is 28.1 Å². The summed E-state index contributed by atoms with van der Waals surface area (Å²) in [4.78, 5) is 15.1. The Balaban J connectivity index is 2.75. The zero-order valence-electron chi connectivity index (χ0n) is 7.58. The topological polar surface area (TPSA) is 77.2 Å². The molecule has 0 radical (unpaired) electrons. The van der Waals surface area contributed by atoms with E-state index < -0.39 is 0 Å².